The van der Waals surface area contributed by atoms with Gasteiger partial charge in [-0.15, -0.1) is 0 Å². The van der Waals surface area contributed by atoms with E-state index in [-0.39, 0.29) is 10.6 Å². The molecule has 4 heteroatoms. The average Bonchev–Trinajstić information content (AvgIpc) is 2.22. The van der Waals surface area contributed by atoms with Crippen molar-refractivity contribution in [2.45, 2.75) is 19.9 Å². The number of rotatable bonds is 4. The third-order valence-electron chi connectivity index (χ3n) is 2.15. The van der Waals surface area contributed by atoms with E-state index in [1.807, 2.05) is 19.9 Å². The summed E-state index contributed by atoms with van der Waals surface area (Å²) in [6.45, 7) is 4.68. The van der Waals surface area contributed by atoms with E-state index in [2.05, 4.69) is 5.32 Å². The van der Waals surface area contributed by atoms with E-state index in [1.165, 1.54) is 12.1 Å². The second-order valence-electron chi connectivity index (χ2n) is 4.00. The van der Waals surface area contributed by atoms with Gasteiger partial charge in [-0.3, -0.25) is 5.32 Å². The van der Waals surface area contributed by atoms with Crippen LogP contribution >= 0.6 is 11.6 Å². The van der Waals surface area contributed by atoms with E-state index in [1.54, 1.807) is 6.07 Å². The third-order valence-corrected chi connectivity index (χ3v) is 2.48. The van der Waals surface area contributed by atoms with Crippen molar-refractivity contribution < 1.29 is 4.39 Å². The maximum absolute atomic E-state index is 13.5. The van der Waals surface area contributed by atoms with E-state index < -0.39 is 11.9 Å². The highest BCUT2D eigenvalue weighted by Gasteiger charge is 2.18. The molecule has 0 fully saturated rings. The molecule has 0 spiro atoms. The van der Waals surface area contributed by atoms with Gasteiger partial charge in [0.05, 0.1) is 6.07 Å². The molecule has 0 heterocycles. The van der Waals surface area contributed by atoms with Crippen molar-refractivity contribution in [1.29, 1.82) is 5.26 Å². The summed E-state index contributed by atoms with van der Waals surface area (Å²) >= 11 is 5.89. The summed E-state index contributed by atoms with van der Waals surface area (Å²) in [4.78, 5) is 0. The van der Waals surface area contributed by atoms with Gasteiger partial charge in [-0.2, -0.15) is 5.26 Å². The monoisotopic (exact) mass is 240 g/mol. The minimum Gasteiger partial charge on any atom is -0.298 e. The van der Waals surface area contributed by atoms with Gasteiger partial charge in [0.25, 0.3) is 0 Å². The molecule has 16 heavy (non-hydrogen) atoms. The van der Waals surface area contributed by atoms with Gasteiger partial charge in [0.1, 0.15) is 11.9 Å². The lowest BCUT2D eigenvalue weighted by Gasteiger charge is -2.15. The number of hydrogen-bond donors (Lipinski definition) is 1. The molecule has 1 aromatic rings. The lowest BCUT2D eigenvalue weighted by molar-refractivity contribution is 0.507. The van der Waals surface area contributed by atoms with Crippen LogP contribution in [0.4, 0.5) is 4.39 Å². The van der Waals surface area contributed by atoms with Crippen LogP contribution in [0.1, 0.15) is 25.5 Å². The number of nitriles is 1. The first-order chi connectivity index (χ1) is 7.56. The molecule has 0 saturated heterocycles. The molecule has 0 bridgehead atoms. The Balaban J connectivity index is 2.92. The van der Waals surface area contributed by atoms with E-state index in [9.17, 15) is 4.39 Å². The first kappa shape index (κ1) is 13.0. The number of nitrogens with zero attached hydrogens (tertiary/aromatic N) is 1. The molecule has 0 aliphatic heterocycles. The molecule has 2 nitrogen and oxygen atoms in total. The average molecular weight is 241 g/mol. The molecule has 0 aliphatic carbocycles. The topological polar surface area (TPSA) is 35.8 Å². The Hall–Kier alpha value is -1.11. The van der Waals surface area contributed by atoms with Gasteiger partial charge in [-0.25, -0.2) is 4.39 Å². The predicted octanol–water partition coefficient (Wildman–Crippen LogP) is 3.29. The maximum atomic E-state index is 13.5. The summed E-state index contributed by atoms with van der Waals surface area (Å²) < 4.78 is 13.5. The summed E-state index contributed by atoms with van der Waals surface area (Å²) in [5.74, 6) is -0.0586. The van der Waals surface area contributed by atoms with Crippen LogP contribution in [0.15, 0.2) is 18.2 Å². The summed E-state index contributed by atoms with van der Waals surface area (Å²) in [7, 11) is 0. The van der Waals surface area contributed by atoms with Crippen LogP contribution in [0.2, 0.25) is 5.02 Å². The van der Waals surface area contributed by atoms with Crippen LogP contribution in [-0.4, -0.2) is 6.54 Å². The smallest absolute Gasteiger partial charge is 0.130 e. The second-order valence-corrected chi connectivity index (χ2v) is 4.41. The van der Waals surface area contributed by atoms with Gasteiger partial charge < -0.3 is 0 Å². The second kappa shape index (κ2) is 5.83. The maximum Gasteiger partial charge on any atom is 0.130 e. The number of hydrogen-bond acceptors (Lipinski definition) is 2. The SMILES string of the molecule is CC(C)CNC(C#N)c1c(F)cccc1Cl. The molecule has 0 aromatic heterocycles. The fraction of sp³-hybridized carbons (Fsp3) is 0.417. The summed E-state index contributed by atoms with van der Waals surface area (Å²) in [6, 6.07) is 5.74. The number of nitrogens with one attached hydrogen (secondary N) is 1. The molecule has 1 unspecified atom stereocenters. The minimum absolute atomic E-state index is 0.229. The normalized spacial score (nSPS) is 12.5. The fourth-order valence-electron chi connectivity index (χ4n) is 1.35. The van der Waals surface area contributed by atoms with Gasteiger partial charge in [-0.1, -0.05) is 31.5 Å². The van der Waals surface area contributed by atoms with Crippen LogP contribution in [0.25, 0.3) is 0 Å². The summed E-state index contributed by atoms with van der Waals surface area (Å²) in [6.07, 6.45) is 0. The molecular formula is C12H14ClFN2. The highest BCUT2D eigenvalue weighted by atomic mass is 35.5. The van der Waals surface area contributed by atoms with Crippen LogP contribution in [0.5, 0.6) is 0 Å². The van der Waals surface area contributed by atoms with Crippen molar-refractivity contribution in [2.24, 2.45) is 5.92 Å². The van der Waals surface area contributed by atoms with Crippen LogP contribution in [0.3, 0.4) is 0 Å². The Labute approximate surface area is 100 Å². The highest BCUT2D eigenvalue weighted by molar-refractivity contribution is 6.31. The molecule has 0 aliphatic rings. The van der Waals surface area contributed by atoms with E-state index >= 15 is 0 Å². The van der Waals surface area contributed by atoms with E-state index in [0.717, 1.165) is 0 Å². The molecule has 0 amide bonds. The Bertz CT molecular complexity index is 378. The Morgan fingerprint density at radius 1 is 1.50 bits per heavy atom. The van der Waals surface area contributed by atoms with Crippen LogP contribution < -0.4 is 5.32 Å². The van der Waals surface area contributed by atoms with Gasteiger partial charge in [-0.05, 0) is 24.6 Å². The first-order valence-electron chi connectivity index (χ1n) is 5.13. The molecule has 1 atom stereocenters. The zero-order chi connectivity index (χ0) is 12.1. The molecule has 0 radical (unpaired) electrons. The van der Waals surface area contributed by atoms with Gasteiger partial charge in [0, 0.05) is 10.6 Å². The van der Waals surface area contributed by atoms with Gasteiger partial charge >= 0.3 is 0 Å². The molecule has 1 N–H and O–H groups in total. The fourth-order valence-corrected chi connectivity index (χ4v) is 1.62. The molecule has 1 rings (SSSR count). The Kier molecular flexibility index (Phi) is 4.72. The zero-order valence-electron chi connectivity index (χ0n) is 9.30. The molecular weight excluding hydrogens is 227 g/mol. The van der Waals surface area contributed by atoms with Crippen LogP contribution in [0, 0.1) is 23.1 Å². The van der Waals surface area contributed by atoms with Gasteiger partial charge in [0.15, 0.2) is 0 Å². The summed E-state index contributed by atoms with van der Waals surface area (Å²) in [5.41, 5.74) is 0.229. The predicted molar refractivity (Wildman–Crippen MR) is 62.6 cm³/mol. The number of benzene rings is 1. The summed E-state index contributed by atoms with van der Waals surface area (Å²) in [5, 5.41) is 12.3. The quantitative estimate of drug-likeness (QED) is 0.877. The molecule has 0 saturated carbocycles. The lowest BCUT2D eigenvalue weighted by Crippen LogP contribution is -2.25. The van der Waals surface area contributed by atoms with Crippen molar-refractivity contribution in [2.75, 3.05) is 6.54 Å². The van der Waals surface area contributed by atoms with Crippen molar-refractivity contribution >= 4 is 11.6 Å². The zero-order valence-corrected chi connectivity index (χ0v) is 10.1. The molecule has 1 aromatic carbocycles. The Morgan fingerprint density at radius 2 is 2.19 bits per heavy atom. The van der Waals surface area contributed by atoms with Crippen LogP contribution in [-0.2, 0) is 0 Å². The minimum atomic E-state index is -0.698. The number of halogens is 2. The van der Waals surface area contributed by atoms with Crippen molar-refractivity contribution in [3.05, 3.63) is 34.6 Å². The van der Waals surface area contributed by atoms with E-state index in [0.29, 0.717) is 12.5 Å². The van der Waals surface area contributed by atoms with E-state index in [4.69, 9.17) is 16.9 Å². The van der Waals surface area contributed by atoms with Crippen molar-refractivity contribution in [1.82, 2.24) is 5.32 Å². The van der Waals surface area contributed by atoms with Gasteiger partial charge in [0.2, 0.25) is 0 Å². The third kappa shape index (κ3) is 3.19. The largest absolute Gasteiger partial charge is 0.298 e. The van der Waals surface area contributed by atoms with Crippen molar-refractivity contribution in [3.63, 3.8) is 0 Å². The molecule has 86 valence electrons. The lowest BCUT2D eigenvalue weighted by atomic mass is 10.1. The van der Waals surface area contributed by atoms with Crippen molar-refractivity contribution in [3.8, 4) is 6.07 Å². The standard InChI is InChI=1S/C12H14ClFN2/c1-8(2)7-16-11(6-15)12-9(13)4-3-5-10(12)14/h3-5,8,11,16H,7H2,1-2H3. The first-order valence-corrected chi connectivity index (χ1v) is 5.51. The Morgan fingerprint density at radius 3 is 2.69 bits per heavy atom. The highest BCUT2D eigenvalue weighted by Crippen LogP contribution is 2.25.